The molecule has 0 bridgehead atoms. The van der Waals surface area contributed by atoms with Gasteiger partial charge in [0.25, 0.3) is 15.9 Å². The number of thiophene rings is 1. The Labute approximate surface area is 181 Å². The summed E-state index contributed by atoms with van der Waals surface area (Å²) >= 11 is 0.825. The molecule has 1 fully saturated rings. The molecule has 0 radical (unpaired) electrons. The van der Waals surface area contributed by atoms with Crippen molar-refractivity contribution in [2.75, 3.05) is 0 Å². The van der Waals surface area contributed by atoms with Gasteiger partial charge in [-0.25, -0.2) is 8.42 Å². The van der Waals surface area contributed by atoms with Crippen LogP contribution in [-0.2, 0) is 20.7 Å². The minimum Gasteiger partial charge on any atom is -0.480 e. The zero-order valence-electron chi connectivity index (χ0n) is 16.5. The maximum atomic E-state index is 13.4. The first-order valence-electron chi connectivity index (χ1n) is 9.33. The highest BCUT2D eigenvalue weighted by molar-refractivity contribution is 7.91. The van der Waals surface area contributed by atoms with Crippen LogP contribution in [0.4, 0.5) is 8.78 Å². The molecule has 3 atom stereocenters. The van der Waals surface area contributed by atoms with Crippen LogP contribution in [0.2, 0.25) is 0 Å². The van der Waals surface area contributed by atoms with E-state index in [1.165, 1.54) is 12.1 Å². The second kappa shape index (κ2) is 7.21. The molecule has 0 saturated heterocycles. The van der Waals surface area contributed by atoms with Crippen LogP contribution in [0.15, 0.2) is 52.7 Å². The van der Waals surface area contributed by atoms with E-state index in [0.29, 0.717) is 4.88 Å². The van der Waals surface area contributed by atoms with E-state index >= 15 is 0 Å². The van der Waals surface area contributed by atoms with Crippen molar-refractivity contribution in [3.05, 3.63) is 59.8 Å². The van der Waals surface area contributed by atoms with Gasteiger partial charge in [-0.1, -0.05) is 37.3 Å². The van der Waals surface area contributed by atoms with E-state index in [2.05, 4.69) is 14.9 Å². The van der Waals surface area contributed by atoms with Crippen LogP contribution >= 0.6 is 11.3 Å². The molecule has 0 aliphatic heterocycles. The number of hydrogen-bond acceptors (Lipinski definition) is 5. The van der Waals surface area contributed by atoms with Crippen molar-refractivity contribution in [3.63, 3.8) is 0 Å². The number of hydrogen-bond donors (Lipinski definition) is 3. The Morgan fingerprint density at radius 3 is 2.52 bits per heavy atom. The number of H-pyrrole nitrogens is 1. The number of carboxylic acids is 1. The molecule has 1 aliphatic rings. The molecule has 0 spiro atoms. The average Bonchev–Trinajstić information content (AvgIpc) is 3.13. The zero-order chi connectivity index (χ0) is 22.6. The van der Waals surface area contributed by atoms with Crippen molar-refractivity contribution in [3.8, 4) is 10.6 Å². The van der Waals surface area contributed by atoms with Crippen LogP contribution in [-0.4, -0.2) is 35.2 Å². The fourth-order valence-corrected chi connectivity index (χ4v) is 6.57. The van der Waals surface area contributed by atoms with Gasteiger partial charge < -0.3 is 5.11 Å². The summed E-state index contributed by atoms with van der Waals surface area (Å²) in [6.07, 6.45) is 0. The number of sulfonamides is 1. The molecule has 4 rings (SSSR count). The molecule has 7 nitrogen and oxygen atoms in total. The lowest BCUT2D eigenvalue weighted by molar-refractivity contribution is -0.140. The first-order valence-corrected chi connectivity index (χ1v) is 11.6. The number of nitrogens with one attached hydrogen (secondary N) is 2. The first kappa shape index (κ1) is 21.6. The Morgan fingerprint density at radius 2 is 1.94 bits per heavy atom. The monoisotopic (exact) mass is 467 g/mol. The number of halogens is 2. The predicted octanol–water partition coefficient (Wildman–Crippen LogP) is 3.79. The Morgan fingerprint density at radius 1 is 1.26 bits per heavy atom. The van der Waals surface area contributed by atoms with Gasteiger partial charge in [-0.2, -0.15) is 18.6 Å². The minimum absolute atomic E-state index is 0.123. The summed E-state index contributed by atoms with van der Waals surface area (Å²) in [5, 5.41) is 15.9. The van der Waals surface area contributed by atoms with E-state index in [-0.39, 0.29) is 15.6 Å². The fraction of sp³-hybridized carbons (Fsp3) is 0.300. The van der Waals surface area contributed by atoms with Crippen LogP contribution in [0.25, 0.3) is 10.6 Å². The van der Waals surface area contributed by atoms with Gasteiger partial charge in [0.1, 0.15) is 21.1 Å². The maximum Gasteiger partial charge on any atom is 0.325 e. The third-order valence-corrected chi connectivity index (χ3v) is 8.65. The SMILES string of the molecule is CC1[C@@H](c2ccccc2)[C@]1(NS(=O)(=O)c1ccc(-c2cc(C(C)(F)F)[nH]n2)s1)C(=O)O. The highest BCUT2D eigenvalue weighted by atomic mass is 32.2. The lowest BCUT2D eigenvalue weighted by atomic mass is 10.1. The van der Waals surface area contributed by atoms with Gasteiger partial charge in [0.15, 0.2) is 0 Å². The quantitative estimate of drug-likeness (QED) is 0.490. The van der Waals surface area contributed by atoms with Crippen molar-refractivity contribution in [1.82, 2.24) is 14.9 Å². The molecule has 2 aromatic heterocycles. The highest BCUT2D eigenvalue weighted by Crippen LogP contribution is 2.58. The van der Waals surface area contributed by atoms with Gasteiger partial charge in [-0.15, -0.1) is 11.3 Å². The molecule has 11 heteroatoms. The molecular weight excluding hydrogens is 448 g/mol. The third kappa shape index (κ3) is 3.66. The lowest BCUT2D eigenvalue weighted by Gasteiger charge is -2.15. The number of carboxylic acid groups (broad SMARTS) is 1. The van der Waals surface area contributed by atoms with Gasteiger partial charge >= 0.3 is 5.97 Å². The Bertz CT molecular complexity index is 1230. The summed E-state index contributed by atoms with van der Waals surface area (Å²) < 4.78 is 55.1. The first-order chi connectivity index (χ1) is 14.5. The molecule has 31 heavy (non-hydrogen) atoms. The van der Waals surface area contributed by atoms with Crippen molar-refractivity contribution >= 4 is 27.3 Å². The molecule has 0 amide bonds. The lowest BCUT2D eigenvalue weighted by Crippen LogP contribution is -2.45. The summed E-state index contributed by atoms with van der Waals surface area (Å²) in [7, 11) is -4.18. The van der Waals surface area contributed by atoms with Crippen LogP contribution < -0.4 is 4.72 Å². The number of alkyl halides is 2. The van der Waals surface area contributed by atoms with E-state index < -0.39 is 39.3 Å². The number of benzene rings is 1. The molecule has 164 valence electrons. The second-order valence-electron chi connectivity index (χ2n) is 7.63. The number of carbonyl (C=O) groups is 1. The molecule has 1 aromatic carbocycles. The van der Waals surface area contributed by atoms with Gasteiger partial charge in [-0.3, -0.25) is 9.89 Å². The Hall–Kier alpha value is -2.63. The van der Waals surface area contributed by atoms with Crippen LogP contribution in [0.3, 0.4) is 0 Å². The molecule has 1 unspecified atom stereocenters. The largest absolute Gasteiger partial charge is 0.480 e. The Kier molecular flexibility index (Phi) is 5.02. The molecule has 2 heterocycles. The molecule has 1 aliphatic carbocycles. The van der Waals surface area contributed by atoms with E-state index in [1.807, 2.05) is 0 Å². The zero-order valence-corrected chi connectivity index (χ0v) is 18.1. The summed E-state index contributed by atoms with van der Waals surface area (Å²) in [5.74, 6) is -5.33. The van der Waals surface area contributed by atoms with Crippen LogP contribution in [0.5, 0.6) is 0 Å². The maximum absolute atomic E-state index is 13.4. The molecule has 3 N–H and O–H groups in total. The number of aliphatic carboxylic acids is 1. The summed E-state index contributed by atoms with van der Waals surface area (Å²) in [6.45, 7) is 2.41. The number of nitrogens with zero attached hydrogens (tertiary/aromatic N) is 1. The van der Waals surface area contributed by atoms with Crippen LogP contribution in [0, 0.1) is 5.92 Å². The normalized spacial score (nSPS) is 23.6. The van der Waals surface area contributed by atoms with Crippen molar-refractivity contribution in [2.24, 2.45) is 5.92 Å². The van der Waals surface area contributed by atoms with Crippen molar-refractivity contribution in [1.29, 1.82) is 0 Å². The van der Waals surface area contributed by atoms with Gasteiger partial charge in [0, 0.05) is 12.8 Å². The fourth-order valence-electron chi connectivity index (χ4n) is 3.85. The summed E-state index contributed by atoms with van der Waals surface area (Å²) in [4.78, 5) is 12.5. The summed E-state index contributed by atoms with van der Waals surface area (Å²) in [6, 6.07) is 12.8. The van der Waals surface area contributed by atoms with Gasteiger partial charge in [-0.05, 0) is 29.7 Å². The number of aromatic amines is 1. The standard InChI is InChI=1S/C20H19F2N3O4S2/c1-11-17(12-6-4-3-5-7-12)20(11,18(26)27)25-31(28,29)16-9-8-14(30-16)13-10-15(24-23-13)19(2,21)22/h3-11,17,25H,1-2H3,(H,23,24)(H,26,27)/t11?,17-,20-/m0/s1. The topological polar surface area (TPSA) is 112 Å². The van der Waals surface area contributed by atoms with E-state index in [0.717, 1.165) is 29.9 Å². The van der Waals surface area contributed by atoms with Gasteiger partial charge in [0.2, 0.25) is 0 Å². The number of rotatable bonds is 7. The van der Waals surface area contributed by atoms with E-state index in [4.69, 9.17) is 0 Å². The molecular formula is C20H19F2N3O4S2. The van der Waals surface area contributed by atoms with Gasteiger partial charge in [0.05, 0.1) is 4.88 Å². The molecule has 3 aromatic rings. The minimum atomic E-state index is -4.18. The summed E-state index contributed by atoms with van der Waals surface area (Å²) in [5.41, 5.74) is -1.14. The highest BCUT2D eigenvalue weighted by Gasteiger charge is 2.70. The molecule has 1 saturated carbocycles. The predicted molar refractivity (Wildman–Crippen MR) is 111 cm³/mol. The smallest absolute Gasteiger partial charge is 0.325 e. The number of aromatic nitrogens is 2. The second-order valence-corrected chi connectivity index (χ2v) is 10.6. The van der Waals surface area contributed by atoms with E-state index in [9.17, 15) is 27.1 Å². The van der Waals surface area contributed by atoms with Crippen molar-refractivity contribution in [2.45, 2.75) is 35.4 Å². The van der Waals surface area contributed by atoms with Crippen LogP contribution in [0.1, 0.15) is 31.0 Å². The third-order valence-electron chi connectivity index (χ3n) is 5.56. The van der Waals surface area contributed by atoms with E-state index in [1.54, 1.807) is 37.3 Å². The van der Waals surface area contributed by atoms with Crippen molar-refractivity contribution < 1.29 is 27.1 Å². The Balaban J connectivity index is 1.62. The average molecular weight is 468 g/mol.